The van der Waals surface area contributed by atoms with Crippen LogP contribution in [0.25, 0.3) is 10.9 Å². The van der Waals surface area contributed by atoms with E-state index < -0.39 is 0 Å². The number of methoxy groups -OCH3 is 1. The predicted molar refractivity (Wildman–Crippen MR) is 83.7 cm³/mol. The standard InChI is InChI=1S/C17H22N2O2/c1-11-12(2)19-15-6-5-13(9-14(11)15)16(20)18-10-17(21-3)7-4-8-17/h5-6,9,19H,4,7-8,10H2,1-3H3,(H,18,20). The summed E-state index contributed by atoms with van der Waals surface area (Å²) in [7, 11) is 1.73. The van der Waals surface area contributed by atoms with Crippen molar-refractivity contribution in [3.05, 3.63) is 35.0 Å². The number of hydrogen-bond donors (Lipinski definition) is 2. The third-order valence-electron chi connectivity index (χ3n) is 4.84. The van der Waals surface area contributed by atoms with Crippen LogP contribution in [0, 0.1) is 13.8 Å². The molecule has 0 bridgehead atoms. The van der Waals surface area contributed by atoms with E-state index in [2.05, 4.69) is 17.2 Å². The van der Waals surface area contributed by atoms with Crippen LogP contribution in [-0.2, 0) is 4.74 Å². The Balaban J connectivity index is 1.76. The number of benzene rings is 1. The summed E-state index contributed by atoms with van der Waals surface area (Å²) >= 11 is 0. The highest BCUT2D eigenvalue weighted by Crippen LogP contribution is 2.34. The Labute approximate surface area is 124 Å². The van der Waals surface area contributed by atoms with Gasteiger partial charge in [0.15, 0.2) is 0 Å². The Kier molecular flexibility index (Phi) is 3.49. The first-order valence-corrected chi connectivity index (χ1v) is 7.47. The molecule has 0 spiro atoms. The van der Waals surface area contributed by atoms with Crippen molar-refractivity contribution in [2.75, 3.05) is 13.7 Å². The molecule has 2 N–H and O–H groups in total. The highest BCUT2D eigenvalue weighted by molar-refractivity contribution is 5.99. The van der Waals surface area contributed by atoms with Gasteiger partial charge >= 0.3 is 0 Å². The van der Waals surface area contributed by atoms with Crippen LogP contribution in [0.5, 0.6) is 0 Å². The second kappa shape index (κ2) is 5.19. The number of nitrogens with one attached hydrogen (secondary N) is 2. The lowest BCUT2D eigenvalue weighted by molar-refractivity contribution is -0.0679. The zero-order valence-corrected chi connectivity index (χ0v) is 12.9. The first kappa shape index (κ1) is 14.1. The zero-order valence-electron chi connectivity index (χ0n) is 12.9. The smallest absolute Gasteiger partial charge is 0.251 e. The van der Waals surface area contributed by atoms with Gasteiger partial charge < -0.3 is 15.0 Å². The van der Waals surface area contributed by atoms with E-state index in [9.17, 15) is 4.79 Å². The maximum atomic E-state index is 12.3. The molecule has 112 valence electrons. The van der Waals surface area contributed by atoms with E-state index in [1.807, 2.05) is 25.1 Å². The van der Waals surface area contributed by atoms with Gasteiger partial charge in [-0.2, -0.15) is 0 Å². The van der Waals surface area contributed by atoms with Gasteiger partial charge in [-0.3, -0.25) is 4.79 Å². The molecule has 1 aromatic heterocycles. The number of aryl methyl sites for hydroxylation is 2. The fourth-order valence-electron chi connectivity index (χ4n) is 2.97. The van der Waals surface area contributed by atoms with Gasteiger partial charge in [0.05, 0.1) is 5.60 Å². The fourth-order valence-corrected chi connectivity index (χ4v) is 2.97. The third-order valence-corrected chi connectivity index (χ3v) is 4.84. The molecule has 0 unspecified atom stereocenters. The Morgan fingerprint density at radius 2 is 2.14 bits per heavy atom. The van der Waals surface area contributed by atoms with Gasteiger partial charge in [-0.1, -0.05) is 0 Å². The summed E-state index contributed by atoms with van der Waals surface area (Å²) in [4.78, 5) is 15.7. The molecule has 4 nitrogen and oxygen atoms in total. The van der Waals surface area contributed by atoms with E-state index in [0.717, 1.165) is 29.4 Å². The Morgan fingerprint density at radius 3 is 2.76 bits per heavy atom. The quantitative estimate of drug-likeness (QED) is 0.907. The minimum Gasteiger partial charge on any atom is -0.376 e. The van der Waals surface area contributed by atoms with E-state index in [4.69, 9.17) is 4.74 Å². The van der Waals surface area contributed by atoms with Crippen molar-refractivity contribution in [1.29, 1.82) is 0 Å². The molecule has 1 aromatic carbocycles. The van der Waals surface area contributed by atoms with E-state index in [1.54, 1.807) is 7.11 Å². The number of hydrogen-bond acceptors (Lipinski definition) is 2. The van der Waals surface area contributed by atoms with E-state index >= 15 is 0 Å². The molecule has 1 fully saturated rings. The van der Waals surface area contributed by atoms with Crippen LogP contribution >= 0.6 is 0 Å². The van der Waals surface area contributed by atoms with Gasteiger partial charge in [0.25, 0.3) is 5.91 Å². The Hall–Kier alpha value is -1.81. The predicted octanol–water partition coefficient (Wildman–Crippen LogP) is 3.08. The second-order valence-corrected chi connectivity index (χ2v) is 6.06. The van der Waals surface area contributed by atoms with Crippen LogP contribution in [0.3, 0.4) is 0 Å². The number of carbonyl (C=O) groups excluding carboxylic acids is 1. The van der Waals surface area contributed by atoms with Crippen molar-refractivity contribution in [3.8, 4) is 0 Å². The molecule has 1 heterocycles. The van der Waals surface area contributed by atoms with Gasteiger partial charge in [0, 0.05) is 35.8 Å². The number of amides is 1. The minimum atomic E-state index is -0.139. The molecule has 4 heteroatoms. The summed E-state index contributed by atoms with van der Waals surface area (Å²) in [5, 5.41) is 4.13. The maximum absolute atomic E-state index is 12.3. The number of fused-ring (bicyclic) bond motifs is 1. The lowest BCUT2D eigenvalue weighted by Crippen LogP contribution is -2.49. The first-order valence-electron chi connectivity index (χ1n) is 7.47. The van der Waals surface area contributed by atoms with E-state index in [0.29, 0.717) is 12.1 Å². The first-order chi connectivity index (χ1) is 10.0. The van der Waals surface area contributed by atoms with Gasteiger partial charge in [-0.15, -0.1) is 0 Å². The van der Waals surface area contributed by atoms with Crippen molar-refractivity contribution in [1.82, 2.24) is 10.3 Å². The molecule has 2 aromatic rings. The lowest BCUT2D eigenvalue weighted by atomic mass is 9.80. The topological polar surface area (TPSA) is 54.1 Å². The SMILES string of the molecule is COC1(CNC(=O)c2ccc3[nH]c(C)c(C)c3c2)CCC1. The number of aromatic amines is 1. The molecule has 21 heavy (non-hydrogen) atoms. The van der Waals surface area contributed by atoms with Crippen molar-refractivity contribution in [2.24, 2.45) is 0 Å². The summed E-state index contributed by atoms with van der Waals surface area (Å²) in [6.07, 6.45) is 3.23. The highest BCUT2D eigenvalue weighted by atomic mass is 16.5. The van der Waals surface area contributed by atoms with Crippen LogP contribution < -0.4 is 5.32 Å². The van der Waals surface area contributed by atoms with Crippen LogP contribution in [0.15, 0.2) is 18.2 Å². The molecule has 0 radical (unpaired) electrons. The number of aromatic nitrogens is 1. The molecule has 1 aliphatic carbocycles. The maximum Gasteiger partial charge on any atom is 0.251 e. The van der Waals surface area contributed by atoms with Crippen molar-refractivity contribution >= 4 is 16.8 Å². The van der Waals surface area contributed by atoms with Gasteiger partial charge in [0.1, 0.15) is 0 Å². The van der Waals surface area contributed by atoms with Crippen molar-refractivity contribution < 1.29 is 9.53 Å². The van der Waals surface area contributed by atoms with Gasteiger partial charge in [-0.05, 0) is 56.9 Å². The second-order valence-electron chi connectivity index (χ2n) is 6.06. The molecule has 0 atom stereocenters. The molecule has 1 aliphatic rings. The Morgan fingerprint density at radius 1 is 1.38 bits per heavy atom. The monoisotopic (exact) mass is 286 g/mol. The number of rotatable bonds is 4. The van der Waals surface area contributed by atoms with Crippen LogP contribution in [0.1, 0.15) is 40.9 Å². The number of H-pyrrole nitrogens is 1. The summed E-state index contributed by atoms with van der Waals surface area (Å²) in [5.41, 5.74) is 3.99. The van der Waals surface area contributed by atoms with Crippen molar-refractivity contribution in [3.63, 3.8) is 0 Å². The summed E-state index contributed by atoms with van der Waals surface area (Å²) in [6.45, 7) is 4.71. The van der Waals surface area contributed by atoms with Gasteiger partial charge in [-0.25, -0.2) is 0 Å². The summed E-state index contributed by atoms with van der Waals surface area (Å²) in [6, 6.07) is 5.80. The Bertz CT molecular complexity index is 678. The normalized spacial score (nSPS) is 16.7. The fraction of sp³-hybridized carbons (Fsp3) is 0.471. The molecule has 0 aliphatic heterocycles. The zero-order chi connectivity index (χ0) is 15.0. The summed E-state index contributed by atoms with van der Waals surface area (Å²) < 4.78 is 5.53. The summed E-state index contributed by atoms with van der Waals surface area (Å²) in [5.74, 6) is -0.0292. The van der Waals surface area contributed by atoms with Gasteiger partial charge in [0.2, 0.25) is 0 Å². The van der Waals surface area contributed by atoms with Crippen LogP contribution in [0.2, 0.25) is 0 Å². The van der Waals surface area contributed by atoms with E-state index in [1.165, 1.54) is 12.0 Å². The number of carbonyl (C=O) groups is 1. The number of ether oxygens (including phenoxy) is 1. The lowest BCUT2D eigenvalue weighted by Gasteiger charge is -2.40. The van der Waals surface area contributed by atoms with Crippen LogP contribution in [0.4, 0.5) is 0 Å². The molecule has 0 saturated heterocycles. The third kappa shape index (κ3) is 2.44. The average molecular weight is 286 g/mol. The molecular formula is C17H22N2O2. The largest absolute Gasteiger partial charge is 0.376 e. The highest BCUT2D eigenvalue weighted by Gasteiger charge is 2.37. The molecule has 1 amide bonds. The average Bonchev–Trinajstić information content (AvgIpc) is 2.73. The van der Waals surface area contributed by atoms with Crippen molar-refractivity contribution in [2.45, 2.75) is 38.7 Å². The van der Waals surface area contributed by atoms with Crippen LogP contribution in [-0.4, -0.2) is 30.1 Å². The molecule has 3 rings (SSSR count). The molecule has 1 saturated carbocycles. The minimum absolute atomic E-state index is 0.0292. The molecular weight excluding hydrogens is 264 g/mol. The van der Waals surface area contributed by atoms with E-state index in [-0.39, 0.29) is 11.5 Å².